The Morgan fingerprint density at radius 1 is 1.56 bits per heavy atom. The summed E-state index contributed by atoms with van der Waals surface area (Å²) in [6.45, 7) is 4.16. The monoisotopic (exact) mass is 280 g/mol. The van der Waals surface area contributed by atoms with Crippen LogP contribution in [0.4, 0.5) is 0 Å². The van der Waals surface area contributed by atoms with E-state index in [1.807, 2.05) is 6.92 Å². The van der Waals surface area contributed by atoms with Crippen LogP contribution in [-0.2, 0) is 0 Å². The van der Waals surface area contributed by atoms with Crippen LogP contribution in [0.2, 0.25) is 0 Å². The first-order valence-corrected chi connectivity index (χ1v) is 6.26. The molecule has 1 saturated heterocycles. The van der Waals surface area contributed by atoms with E-state index in [9.17, 15) is 0 Å². The van der Waals surface area contributed by atoms with Crippen LogP contribution in [0, 0.1) is 6.92 Å². The van der Waals surface area contributed by atoms with E-state index in [0.717, 1.165) is 34.6 Å². The fourth-order valence-corrected chi connectivity index (χ4v) is 2.71. The van der Waals surface area contributed by atoms with Gasteiger partial charge in [-0.25, -0.2) is 9.97 Å². The van der Waals surface area contributed by atoms with Gasteiger partial charge in [0.2, 0.25) is 0 Å². The Hall–Kier alpha value is -0.940. The van der Waals surface area contributed by atoms with Crippen molar-refractivity contribution in [3.63, 3.8) is 0 Å². The second kappa shape index (κ2) is 3.82. The topological polar surface area (TPSA) is 42.7 Å². The number of aromatic nitrogens is 3. The Kier molecular flexibility index (Phi) is 2.44. The molecule has 0 radical (unpaired) electrons. The maximum atomic E-state index is 4.50. The third-order valence-corrected chi connectivity index (χ3v) is 3.52. The van der Waals surface area contributed by atoms with Gasteiger partial charge in [-0.1, -0.05) is 0 Å². The molecular formula is C11H13BrN4. The predicted molar refractivity (Wildman–Crippen MR) is 66.5 cm³/mol. The van der Waals surface area contributed by atoms with Crippen LogP contribution in [0.15, 0.2) is 16.7 Å². The van der Waals surface area contributed by atoms with Crippen LogP contribution >= 0.6 is 15.9 Å². The number of fused-ring (bicyclic) bond motifs is 1. The van der Waals surface area contributed by atoms with Crippen LogP contribution in [-0.4, -0.2) is 27.6 Å². The molecule has 84 valence electrons. The summed E-state index contributed by atoms with van der Waals surface area (Å²) in [5.74, 6) is 1.05. The second-order valence-corrected chi connectivity index (χ2v) is 5.09. The third kappa shape index (κ3) is 1.55. The minimum atomic E-state index is 0.515. The number of nitrogens with zero attached hydrogens (tertiary/aromatic N) is 3. The fraction of sp³-hybridized carbons (Fsp3) is 0.455. The van der Waals surface area contributed by atoms with Crippen LogP contribution in [0.3, 0.4) is 0 Å². The van der Waals surface area contributed by atoms with Crippen molar-refractivity contribution in [2.24, 2.45) is 0 Å². The first kappa shape index (κ1) is 10.2. The standard InChI is InChI=1S/C11H13BrN4/c1-7-15-11-10(4-8(12)5-14-11)16(7)9-2-3-13-6-9/h4-5,9,13H,2-3,6H2,1H3/t9-/m1/s1. The van der Waals surface area contributed by atoms with E-state index >= 15 is 0 Å². The maximum absolute atomic E-state index is 4.50. The first-order chi connectivity index (χ1) is 7.75. The highest BCUT2D eigenvalue weighted by Crippen LogP contribution is 2.25. The number of rotatable bonds is 1. The molecule has 0 saturated carbocycles. The molecule has 1 fully saturated rings. The number of aryl methyl sites for hydroxylation is 1. The predicted octanol–water partition coefficient (Wildman–Crippen LogP) is 2.04. The molecule has 2 aromatic heterocycles. The van der Waals surface area contributed by atoms with Crippen molar-refractivity contribution in [2.75, 3.05) is 13.1 Å². The fourth-order valence-electron chi connectivity index (χ4n) is 2.39. The number of imidazole rings is 1. The lowest BCUT2D eigenvalue weighted by Gasteiger charge is -2.13. The van der Waals surface area contributed by atoms with Gasteiger partial charge in [-0.3, -0.25) is 0 Å². The summed E-state index contributed by atoms with van der Waals surface area (Å²) in [5.41, 5.74) is 1.97. The van der Waals surface area contributed by atoms with Crippen LogP contribution < -0.4 is 5.32 Å². The van der Waals surface area contributed by atoms with Crippen molar-refractivity contribution in [1.82, 2.24) is 19.9 Å². The quantitative estimate of drug-likeness (QED) is 0.869. The van der Waals surface area contributed by atoms with Crippen LogP contribution in [0.1, 0.15) is 18.3 Å². The molecule has 16 heavy (non-hydrogen) atoms. The summed E-state index contributed by atoms with van der Waals surface area (Å²) in [6, 6.07) is 2.61. The summed E-state index contributed by atoms with van der Waals surface area (Å²) in [4.78, 5) is 8.84. The largest absolute Gasteiger partial charge is 0.322 e. The van der Waals surface area contributed by atoms with E-state index in [2.05, 4.69) is 41.8 Å². The lowest BCUT2D eigenvalue weighted by molar-refractivity contribution is 0.548. The minimum absolute atomic E-state index is 0.515. The molecule has 0 spiro atoms. The summed E-state index contributed by atoms with van der Waals surface area (Å²) in [6.07, 6.45) is 2.96. The van der Waals surface area contributed by atoms with E-state index < -0.39 is 0 Å². The van der Waals surface area contributed by atoms with Crippen molar-refractivity contribution in [1.29, 1.82) is 0 Å². The number of pyridine rings is 1. The highest BCUT2D eigenvalue weighted by atomic mass is 79.9. The zero-order chi connectivity index (χ0) is 11.1. The lowest BCUT2D eigenvalue weighted by atomic mass is 10.2. The van der Waals surface area contributed by atoms with Crippen LogP contribution in [0.25, 0.3) is 11.2 Å². The van der Waals surface area contributed by atoms with Gasteiger partial charge in [0, 0.05) is 23.3 Å². The normalized spacial score (nSPS) is 20.8. The number of hydrogen-bond donors (Lipinski definition) is 1. The molecule has 0 amide bonds. The molecule has 4 nitrogen and oxygen atoms in total. The van der Waals surface area contributed by atoms with Gasteiger partial charge in [0.1, 0.15) is 5.82 Å². The summed E-state index contributed by atoms with van der Waals surface area (Å²) >= 11 is 3.47. The van der Waals surface area contributed by atoms with Crippen molar-refractivity contribution >= 4 is 27.1 Å². The molecule has 0 bridgehead atoms. The third-order valence-electron chi connectivity index (χ3n) is 3.09. The summed E-state index contributed by atoms with van der Waals surface area (Å²) in [7, 11) is 0. The maximum Gasteiger partial charge on any atom is 0.177 e. The molecule has 3 heterocycles. The molecule has 5 heteroatoms. The van der Waals surface area contributed by atoms with Gasteiger partial charge in [0.15, 0.2) is 5.65 Å². The molecule has 0 aliphatic carbocycles. The number of nitrogens with one attached hydrogen (secondary N) is 1. The molecule has 0 aromatic carbocycles. The average Bonchev–Trinajstić information content (AvgIpc) is 2.83. The second-order valence-electron chi connectivity index (χ2n) is 4.17. The SMILES string of the molecule is Cc1nc2ncc(Br)cc2n1[C@@H]1CCNC1. The molecule has 1 atom stereocenters. The van der Waals surface area contributed by atoms with E-state index in [1.54, 1.807) is 6.20 Å². The van der Waals surface area contributed by atoms with E-state index in [0.29, 0.717) is 6.04 Å². The number of hydrogen-bond acceptors (Lipinski definition) is 3. The molecular weight excluding hydrogens is 268 g/mol. The lowest BCUT2D eigenvalue weighted by Crippen LogP contribution is -2.14. The Labute approximate surface area is 102 Å². The number of halogens is 1. The summed E-state index contributed by atoms with van der Waals surface area (Å²) in [5, 5.41) is 3.39. The van der Waals surface area contributed by atoms with E-state index in [1.165, 1.54) is 6.42 Å². The van der Waals surface area contributed by atoms with Crippen molar-refractivity contribution in [3.8, 4) is 0 Å². The smallest absolute Gasteiger partial charge is 0.177 e. The van der Waals surface area contributed by atoms with Gasteiger partial charge in [0.05, 0.1) is 5.52 Å². The average molecular weight is 281 g/mol. The van der Waals surface area contributed by atoms with E-state index in [-0.39, 0.29) is 0 Å². The Balaban J connectivity index is 2.20. The Morgan fingerprint density at radius 3 is 3.19 bits per heavy atom. The summed E-state index contributed by atoms with van der Waals surface area (Å²) < 4.78 is 3.31. The Morgan fingerprint density at radius 2 is 2.44 bits per heavy atom. The Bertz CT molecular complexity index is 528. The van der Waals surface area contributed by atoms with Gasteiger partial charge in [-0.2, -0.15) is 0 Å². The van der Waals surface area contributed by atoms with Crippen molar-refractivity contribution in [3.05, 3.63) is 22.6 Å². The van der Waals surface area contributed by atoms with Gasteiger partial charge in [-0.15, -0.1) is 0 Å². The van der Waals surface area contributed by atoms with Gasteiger partial charge < -0.3 is 9.88 Å². The zero-order valence-electron chi connectivity index (χ0n) is 9.07. The molecule has 0 unspecified atom stereocenters. The molecule has 3 rings (SSSR count). The molecule has 2 aromatic rings. The van der Waals surface area contributed by atoms with Gasteiger partial charge >= 0.3 is 0 Å². The zero-order valence-corrected chi connectivity index (χ0v) is 10.7. The van der Waals surface area contributed by atoms with E-state index in [4.69, 9.17) is 0 Å². The minimum Gasteiger partial charge on any atom is -0.322 e. The van der Waals surface area contributed by atoms with Gasteiger partial charge in [0.25, 0.3) is 0 Å². The first-order valence-electron chi connectivity index (χ1n) is 5.46. The molecule has 1 N–H and O–H groups in total. The molecule has 1 aliphatic rings. The van der Waals surface area contributed by atoms with Crippen molar-refractivity contribution < 1.29 is 0 Å². The highest BCUT2D eigenvalue weighted by molar-refractivity contribution is 9.10. The highest BCUT2D eigenvalue weighted by Gasteiger charge is 2.21. The van der Waals surface area contributed by atoms with Crippen LogP contribution in [0.5, 0.6) is 0 Å². The molecule has 1 aliphatic heterocycles. The van der Waals surface area contributed by atoms with Gasteiger partial charge in [-0.05, 0) is 41.9 Å². The van der Waals surface area contributed by atoms with Crippen molar-refractivity contribution in [2.45, 2.75) is 19.4 Å².